The van der Waals surface area contributed by atoms with E-state index < -0.39 is 0 Å². The minimum Gasteiger partial charge on any atom is -0.438 e. The number of oxazole rings is 1. The number of piperidine rings is 1. The normalized spacial score (nSPS) is 16.6. The number of carbonyl (C=O) groups is 1. The predicted molar refractivity (Wildman–Crippen MR) is 79.2 cm³/mol. The van der Waals surface area contributed by atoms with Gasteiger partial charge < -0.3 is 14.6 Å². The van der Waals surface area contributed by atoms with Crippen LogP contribution in [0.4, 0.5) is 0 Å². The highest BCUT2D eigenvalue weighted by Crippen LogP contribution is 2.27. The Balaban J connectivity index is 1.67. The average molecular weight is 301 g/mol. The Labute approximate surface area is 128 Å². The maximum absolute atomic E-state index is 11.9. The third kappa shape index (κ3) is 3.30. The van der Waals surface area contributed by atoms with Crippen LogP contribution < -0.4 is 5.32 Å². The van der Waals surface area contributed by atoms with Crippen LogP contribution in [0.5, 0.6) is 0 Å². The number of nitrogens with one attached hydrogen (secondary N) is 1. The molecule has 1 saturated heterocycles. The zero-order chi connectivity index (χ0) is 15.4. The topological polar surface area (TPSA) is 84.2 Å². The number of rotatable bonds is 4. The van der Waals surface area contributed by atoms with Crippen LogP contribution in [0.25, 0.3) is 0 Å². The van der Waals surface area contributed by atoms with Crippen LogP contribution in [-0.2, 0) is 6.54 Å². The van der Waals surface area contributed by atoms with Gasteiger partial charge in [-0.15, -0.1) is 0 Å². The van der Waals surface area contributed by atoms with E-state index in [9.17, 15) is 4.79 Å². The Hall–Kier alpha value is -2.28. The van der Waals surface area contributed by atoms with Crippen molar-refractivity contribution in [3.63, 3.8) is 0 Å². The van der Waals surface area contributed by atoms with Gasteiger partial charge in [-0.1, -0.05) is 0 Å². The predicted octanol–water partition coefficient (Wildman–Crippen LogP) is 1.20. The molecule has 2 aromatic rings. The fraction of sp³-hybridized carbons (Fsp3) is 0.467. The molecule has 22 heavy (non-hydrogen) atoms. The van der Waals surface area contributed by atoms with Crippen LogP contribution in [-0.4, -0.2) is 45.9 Å². The van der Waals surface area contributed by atoms with Gasteiger partial charge in [0.25, 0.3) is 5.91 Å². The smallest absolute Gasteiger partial charge is 0.289 e. The number of carbonyl (C=O) groups excluding carboxylic acids is 1. The average Bonchev–Trinajstić information content (AvgIpc) is 3.08. The molecule has 2 aromatic heterocycles. The molecule has 1 aliphatic heterocycles. The van der Waals surface area contributed by atoms with Crippen LogP contribution in [0.2, 0.25) is 0 Å². The molecule has 7 heteroatoms. The number of aromatic nitrogens is 3. The second-order valence-corrected chi connectivity index (χ2v) is 5.51. The van der Waals surface area contributed by atoms with Crippen LogP contribution in [0.3, 0.4) is 0 Å². The van der Waals surface area contributed by atoms with Crippen molar-refractivity contribution in [1.82, 2.24) is 25.2 Å². The van der Waals surface area contributed by atoms with Gasteiger partial charge in [-0.2, -0.15) is 0 Å². The van der Waals surface area contributed by atoms with Gasteiger partial charge in [-0.3, -0.25) is 14.8 Å². The number of amides is 1. The highest BCUT2D eigenvalue weighted by atomic mass is 16.3. The van der Waals surface area contributed by atoms with E-state index in [0.717, 1.165) is 37.3 Å². The molecule has 0 spiro atoms. The van der Waals surface area contributed by atoms with E-state index in [4.69, 9.17) is 4.42 Å². The molecule has 1 amide bonds. The summed E-state index contributed by atoms with van der Waals surface area (Å²) in [5, 5.41) is 2.80. The summed E-state index contributed by atoms with van der Waals surface area (Å²) in [5.74, 6) is 0.310. The second kappa shape index (κ2) is 6.65. The van der Waals surface area contributed by atoms with E-state index in [1.165, 1.54) is 12.6 Å². The molecule has 0 unspecified atom stereocenters. The van der Waals surface area contributed by atoms with Crippen molar-refractivity contribution in [2.24, 2.45) is 0 Å². The van der Waals surface area contributed by atoms with Gasteiger partial charge >= 0.3 is 0 Å². The van der Waals surface area contributed by atoms with Crippen LogP contribution in [0, 0.1) is 0 Å². The van der Waals surface area contributed by atoms with Crippen molar-refractivity contribution in [1.29, 1.82) is 0 Å². The maximum Gasteiger partial charge on any atom is 0.289 e. The molecule has 7 nitrogen and oxygen atoms in total. The van der Waals surface area contributed by atoms with Crippen molar-refractivity contribution in [3.8, 4) is 0 Å². The Morgan fingerprint density at radius 3 is 2.86 bits per heavy atom. The molecule has 0 bridgehead atoms. The lowest BCUT2D eigenvalue weighted by molar-refractivity contribution is 0.0922. The van der Waals surface area contributed by atoms with Crippen molar-refractivity contribution in [2.45, 2.75) is 25.3 Å². The van der Waals surface area contributed by atoms with E-state index >= 15 is 0 Å². The maximum atomic E-state index is 11.9. The summed E-state index contributed by atoms with van der Waals surface area (Å²) in [6.45, 7) is 2.46. The molecule has 0 aromatic carbocycles. The molecule has 1 aliphatic rings. The summed E-state index contributed by atoms with van der Waals surface area (Å²) >= 11 is 0. The van der Waals surface area contributed by atoms with Gasteiger partial charge in [-0.25, -0.2) is 4.98 Å². The minimum atomic E-state index is -0.294. The highest BCUT2D eigenvalue weighted by molar-refractivity contribution is 5.90. The quantitative estimate of drug-likeness (QED) is 0.913. The number of likely N-dealkylation sites (tertiary alicyclic amines) is 1. The minimum absolute atomic E-state index is 0.199. The molecule has 3 rings (SSSR count). The van der Waals surface area contributed by atoms with Crippen LogP contribution in [0.1, 0.15) is 40.7 Å². The van der Waals surface area contributed by atoms with E-state index in [2.05, 4.69) is 32.2 Å². The Morgan fingerprint density at radius 2 is 2.14 bits per heavy atom. The summed E-state index contributed by atoms with van der Waals surface area (Å²) in [7, 11) is 2.13. The molecule has 1 N–H and O–H groups in total. The molecule has 0 aliphatic carbocycles. The molecule has 1 fully saturated rings. The lowest BCUT2D eigenvalue weighted by atomic mass is 9.92. The van der Waals surface area contributed by atoms with Gasteiger partial charge in [0.2, 0.25) is 5.76 Å². The largest absolute Gasteiger partial charge is 0.438 e. The highest BCUT2D eigenvalue weighted by Gasteiger charge is 2.22. The van der Waals surface area contributed by atoms with Crippen LogP contribution >= 0.6 is 0 Å². The van der Waals surface area contributed by atoms with Crippen molar-refractivity contribution in [2.75, 3.05) is 20.1 Å². The Kier molecular flexibility index (Phi) is 4.43. The molecule has 0 saturated carbocycles. The Morgan fingerprint density at radius 1 is 1.36 bits per heavy atom. The summed E-state index contributed by atoms with van der Waals surface area (Å²) in [6.07, 6.45) is 8.14. The lowest BCUT2D eigenvalue weighted by Crippen LogP contribution is -2.31. The van der Waals surface area contributed by atoms with Crippen molar-refractivity contribution >= 4 is 5.91 Å². The van der Waals surface area contributed by atoms with E-state index in [1.54, 1.807) is 12.4 Å². The van der Waals surface area contributed by atoms with Gasteiger partial charge in [-0.05, 0) is 33.0 Å². The lowest BCUT2D eigenvalue weighted by Gasteiger charge is -2.29. The summed E-state index contributed by atoms with van der Waals surface area (Å²) in [4.78, 5) is 26.9. The SMILES string of the molecule is CN1CCC(c2nccnc2CNC(=O)c2cnco2)CC1. The van der Waals surface area contributed by atoms with Gasteiger partial charge in [0, 0.05) is 18.3 Å². The standard InChI is InChI=1S/C15H19N5O2/c1-20-6-2-11(3-7-20)14-12(17-4-5-18-14)8-19-15(21)13-9-16-10-22-13/h4-5,9-11H,2-3,6-8H2,1H3,(H,19,21). The van der Waals surface area contributed by atoms with Crippen molar-refractivity contribution in [3.05, 3.63) is 42.1 Å². The first-order chi connectivity index (χ1) is 10.7. The molecule has 0 atom stereocenters. The Bertz CT molecular complexity index is 621. The summed E-state index contributed by atoms with van der Waals surface area (Å²) in [6, 6.07) is 0. The number of hydrogen-bond donors (Lipinski definition) is 1. The molecule has 3 heterocycles. The first-order valence-electron chi connectivity index (χ1n) is 7.39. The third-order valence-electron chi connectivity index (χ3n) is 3.98. The molecule has 116 valence electrons. The fourth-order valence-corrected chi connectivity index (χ4v) is 2.72. The van der Waals surface area contributed by atoms with Gasteiger partial charge in [0.1, 0.15) is 0 Å². The molecular formula is C15H19N5O2. The van der Waals surface area contributed by atoms with Crippen LogP contribution in [0.15, 0.2) is 29.4 Å². The first-order valence-corrected chi connectivity index (χ1v) is 7.39. The summed E-state index contributed by atoms with van der Waals surface area (Å²) in [5.41, 5.74) is 1.82. The van der Waals surface area contributed by atoms with Gasteiger partial charge in [0.15, 0.2) is 6.39 Å². The number of nitrogens with zero attached hydrogens (tertiary/aromatic N) is 4. The van der Waals surface area contributed by atoms with Gasteiger partial charge in [0.05, 0.1) is 24.1 Å². The van der Waals surface area contributed by atoms with E-state index in [-0.39, 0.29) is 11.7 Å². The first kappa shape index (κ1) is 14.6. The fourth-order valence-electron chi connectivity index (χ4n) is 2.72. The van der Waals surface area contributed by atoms with E-state index in [0.29, 0.717) is 12.5 Å². The van der Waals surface area contributed by atoms with E-state index in [1.807, 2.05) is 0 Å². The molecule has 0 radical (unpaired) electrons. The molecular weight excluding hydrogens is 282 g/mol. The second-order valence-electron chi connectivity index (χ2n) is 5.51. The third-order valence-corrected chi connectivity index (χ3v) is 3.98. The monoisotopic (exact) mass is 301 g/mol. The van der Waals surface area contributed by atoms with Crippen molar-refractivity contribution < 1.29 is 9.21 Å². The number of hydrogen-bond acceptors (Lipinski definition) is 6. The zero-order valence-electron chi connectivity index (χ0n) is 12.5. The summed E-state index contributed by atoms with van der Waals surface area (Å²) < 4.78 is 4.98. The zero-order valence-corrected chi connectivity index (χ0v) is 12.5.